The number of aliphatic hydroxyl groups is 1. The van der Waals surface area contributed by atoms with Crippen LogP contribution in [-0.2, 0) is 0 Å². The molecule has 0 spiro atoms. The van der Waals surface area contributed by atoms with Crippen LogP contribution in [0.15, 0.2) is 0 Å². The molecule has 0 fully saturated rings. The highest BCUT2D eigenvalue weighted by Gasteiger charge is 2.13. The maximum absolute atomic E-state index is 9.20. The van der Waals surface area contributed by atoms with Crippen LogP contribution in [0.4, 0.5) is 0 Å². The van der Waals surface area contributed by atoms with Crippen molar-refractivity contribution in [3.63, 3.8) is 0 Å². The van der Waals surface area contributed by atoms with Gasteiger partial charge in [0.1, 0.15) is 5.60 Å². The minimum absolute atomic E-state index is 0.286. The molecule has 1 atom stereocenters. The Morgan fingerprint density at radius 3 is 2.67 bits per heavy atom. The molecule has 9 heavy (non-hydrogen) atoms. The van der Waals surface area contributed by atoms with E-state index >= 15 is 0 Å². The third kappa shape index (κ3) is 3.98. The molecule has 0 amide bonds. The van der Waals surface area contributed by atoms with Crippen LogP contribution >= 0.6 is 0 Å². The number of hydrazine groups is 1. The normalized spacial score (nSPS) is 15.6. The minimum atomic E-state index is -0.997. The predicted molar refractivity (Wildman–Crippen MR) is 36.3 cm³/mol. The summed E-state index contributed by atoms with van der Waals surface area (Å²) in [6.07, 6.45) is 0. The Hall–Kier alpha value is -0.560. The number of hydrogen-bond acceptors (Lipinski definition) is 3. The average molecular weight is 128 g/mol. The Bertz CT molecular complexity index is 132. The van der Waals surface area contributed by atoms with Crippen molar-refractivity contribution in [1.82, 2.24) is 5.43 Å². The molecule has 0 rings (SSSR count). The monoisotopic (exact) mass is 128 g/mol. The first-order valence-electron chi connectivity index (χ1n) is 2.72. The average Bonchev–Trinajstić information content (AvgIpc) is 1.64. The van der Waals surface area contributed by atoms with E-state index in [0.29, 0.717) is 0 Å². The molecule has 0 saturated heterocycles. The lowest BCUT2D eigenvalue weighted by Crippen LogP contribution is -2.39. The first-order valence-corrected chi connectivity index (χ1v) is 2.72. The molecular formula is C6H12N2O. The maximum atomic E-state index is 9.20. The van der Waals surface area contributed by atoms with Crippen molar-refractivity contribution >= 4 is 0 Å². The summed E-state index contributed by atoms with van der Waals surface area (Å²) in [5, 5.41) is 9.20. The Morgan fingerprint density at radius 1 is 1.78 bits per heavy atom. The second-order valence-corrected chi connectivity index (χ2v) is 2.03. The van der Waals surface area contributed by atoms with E-state index in [1.807, 2.05) is 0 Å². The fraction of sp³-hybridized carbons (Fsp3) is 0.667. The van der Waals surface area contributed by atoms with Gasteiger partial charge in [-0.2, -0.15) is 0 Å². The van der Waals surface area contributed by atoms with Crippen LogP contribution < -0.4 is 11.3 Å². The topological polar surface area (TPSA) is 58.3 Å². The lowest BCUT2D eigenvalue weighted by atomic mass is 10.1. The quantitative estimate of drug-likeness (QED) is 0.260. The Labute approximate surface area is 55.2 Å². The van der Waals surface area contributed by atoms with E-state index in [4.69, 9.17) is 5.84 Å². The van der Waals surface area contributed by atoms with Crippen molar-refractivity contribution in [3.8, 4) is 11.8 Å². The number of nitrogens with two attached hydrogens (primary N) is 1. The standard InChI is InChI=1S/C6H12N2O/c1-3-4-6(2,9)5-8-7/h8-9H,5,7H2,1-2H3. The molecular weight excluding hydrogens is 116 g/mol. The van der Waals surface area contributed by atoms with Gasteiger partial charge in [-0.15, -0.1) is 5.92 Å². The number of rotatable bonds is 2. The largest absolute Gasteiger partial charge is 0.376 e. The summed E-state index contributed by atoms with van der Waals surface area (Å²) in [4.78, 5) is 0. The van der Waals surface area contributed by atoms with Crippen molar-refractivity contribution in [2.45, 2.75) is 19.4 Å². The van der Waals surface area contributed by atoms with Crippen molar-refractivity contribution < 1.29 is 5.11 Å². The molecule has 52 valence electrons. The maximum Gasteiger partial charge on any atom is 0.136 e. The lowest BCUT2D eigenvalue weighted by Gasteiger charge is -2.14. The van der Waals surface area contributed by atoms with Gasteiger partial charge in [0.15, 0.2) is 0 Å². The third-order valence-corrected chi connectivity index (χ3v) is 0.841. The van der Waals surface area contributed by atoms with E-state index < -0.39 is 5.60 Å². The van der Waals surface area contributed by atoms with Gasteiger partial charge >= 0.3 is 0 Å². The van der Waals surface area contributed by atoms with E-state index in [0.717, 1.165) is 0 Å². The molecule has 0 aliphatic carbocycles. The first kappa shape index (κ1) is 8.44. The van der Waals surface area contributed by atoms with Gasteiger partial charge in [-0.3, -0.25) is 11.3 Å². The van der Waals surface area contributed by atoms with E-state index in [1.165, 1.54) is 0 Å². The van der Waals surface area contributed by atoms with E-state index in [9.17, 15) is 5.11 Å². The number of nitrogens with one attached hydrogen (secondary N) is 1. The zero-order valence-corrected chi connectivity index (χ0v) is 5.73. The molecule has 0 heterocycles. The van der Waals surface area contributed by atoms with Crippen LogP contribution in [0.2, 0.25) is 0 Å². The molecule has 1 unspecified atom stereocenters. The van der Waals surface area contributed by atoms with Crippen molar-refractivity contribution in [2.24, 2.45) is 5.84 Å². The molecule has 0 radical (unpaired) electrons. The summed E-state index contributed by atoms with van der Waals surface area (Å²) < 4.78 is 0. The van der Waals surface area contributed by atoms with Gasteiger partial charge in [0.25, 0.3) is 0 Å². The van der Waals surface area contributed by atoms with Crippen LogP contribution in [0.3, 0.4) is 0 Å². The van der Waals surface area contributed by atoms with Gasteiger partial charge in [0.05, 0.1) is 0 Å². The zero-order chi connectivity index (χ0) is 7.33. The fourth-order valence-electron chi connectivity index (χ4n) is 0.512. The van der Waals surface area contributed by atoms with Crippen LogP contribution in [0.5, 0.6) is 0 Å². The predicted octanol–water partition coefficient (Wildman–Crippen LogP) is -0.776. The molecule has 4 N–H and O–H groups in total. The van der Waals surface area contributed by atoms with Gasteiger partial charge in [-0.1, -0.05) is 5.92 Å². The van der Waals surface area contributed by atoms with Gasteiger partial charge in [0, 0.05) is 6.54 Å². The van der Waals surface area contributed by atoms with Crippen molar-refractivity contribution in [1.29, 1.82) is 0 Å². The summed E-state index contributed by atoms with van der Waals surface area (Å²) in [6.45, 7) is 3.56. The summed E-state index contributed by atoms with van der Waals surface area (Å²) in [7, 11) is 0. The van der Waals surface area contributed by atoms with Gasteiger partial charge in [0.2, 0.25) is 0 Å². The van der Waals surface area contributed by atoms with Gasteiger partial charge in [-0.25, -0.2) is 0 Å². The molecule has 3 nitrogen and oxygen atoms in total. The molecule has 0 bridgehead atoms. The van der Waals surface area contributed by atoms with Crippen LogP contribution in [0.25, 0.3) is 0 Å². The lowest BCUT2D eigenvalue weighted by molar-refractivity contribution is 0.121. The second-order valence-electron chi connectivity index (χ2n) is 2.03. The van der Waals surface area contributed by atoms with E-state index in [2.05, 4.69) is 17.3 Å². The Morgan fingerprint density at radius 2 is 2.33 bits per heavy atom. The molecule has 3 heteroatoms. The molecule has 0 aliphatic rings. The highest BCUT2D eigenvalue weighted by Crippen LogP contribution is 1.96. The minimum Gasteiger partial charge on any atom is -0.376 e. The molecule has 0 aromatic rings. The summed E-state index contributed by atoms with van der Waals surface area (Å²) in [5.41, 5.74) is 1.34. The van der Waals surface area contributed by atoms with E-state index in [-0.39, 0.29) is 6.54 Å². The smallest absolute Gasteiger partial charge is 0.136 e. The van der Waals surface area contributed by atoms with Crippen LogP contribution in [-0.4, -0.2) is 17.3 Å². The van der Waals surface area contributed by atoms with E-state index in [1.54, 1.807) is 13.8 Å². The summed E-state index contributed by atoms with van der Waals surface area (Å²) in [6, 6.07) is 0. The summed E-state index contributed by atoms with van der Waals surface area (Å²) in [5.74, 6) is 10.2. The van der Waals surface area contributed by atoms with Crippen LogP contribution in [0.1, 0.15) is 13.8 Å². The second kappa shape index (κ2) is 3.46. The highest BCUT2D eigenvalue weighted by atomic mass is 16.3. The highest BCUT2D eigenvalue weighted by molar-refractivity contribution is 5.10. The van der Waals surface area contributed by atoms with Gasteiger partial charge < -0.3 is 5.11 Å². The van der Waals surface area contributed by atoms with Crippen molar-refractivity contribution in [3.05, 3.63) is 0 Å². The molecule has 0 aromatic heterocycles. The molecule has 0 aliphatic heterocycles. The first-order chi connectivity index (χ1) is 4.12. The van der Waals surface area contributed by atoms with Gasteiger partial charge in [-0.05, 0) is 13.8 Å². The molecule has 0 saturated carbocycles. The Kier molecular flexibility index (Phi) is 3.25. The Balaban J connectivity index is 3.80. The summed E-state index contributed by atoms with van der Waals surface area (Å²) >= 11 is 0. The van der Waals surface area contributed by atoms with Crippen LogP contribution in [0, 0.1) is 11.8 Å². The van der Waals surface area contributed by atoms with Crippen molar-refractivity contribution in [2.75, 3.05) is 6.54 Å². The third-order valence-electron chi connectivity index (χ3n) is 0.841. The SMILES string of the molecule is CC#CC(C)(O)CNN. The molecule has 0 aromatic carbocycles. The number of hydrogen-bond donors (Lipinski definition) is 3. The zero-order valence-electron chi connectivity index (χ0n) is 5.73. The fourth-order valence-corrected chi connectivity index (χ4v) is 0.512.